The van der Waals surface area contributed by atoms with E-state index in [9.17, 15) is 9.00 Å². The van der Waals surface area contributed by atoms with E-state index in [0.717, 1.165) is 22.5 Å². The van der Waals surface area contributed by atoms with Crippen LogP contribution >= 0.6 is 0 Å². The molecule has 0 spiro atoms. The summed E-state index contributed by atoms with van der Waals surface area (Å²) in [5.41, 5.74) is 3.58. The van der Waals surface area contributed by atoms with Gasteiger partial charge in [-0.2, -0.15) is 5.10 Å². The third kappa shape index (κ3) is 2.56. The maximum Gasteiger partial charge on any atom is 0.292 e. The van der Waals surface area contributed by atoms with Crippen molar-refractivity contribution in [2.24, 2.45) is 0 Å². The van der Waals surface area contributed by atoms with Crippen molar-refractivity contribution in [3.8, 4) is 5.69 Å². The minimum absolute atomic E-state index is 0.222. The van der Waals surface area contributed by atoms with Gasteiger partial charge in [0.2, 0.25) is 0 Å². The molecular weight excluding hydrogens is 326 g/mol. The molecule has 2 aromatic heterocycles. The van der Waals surface area contributed by atoms with Crippen LogP contribution in [-0.4, -0.2) is 19.9 Å². The Morgan fingerprint density at radius 2 is 2.04 bits per heavy atom. The van der Waals surface area contributed by atoms with Crippen LogP contribution in [0.4, 0.5) is 5.82 Å². The zero-order valence-corrected chi connectivity index (χ0v) is 13.8. The number of fused-ring (bicyclic) bond motifs is 1. The molecule has 1 aliphatic heterocycles. The number of hydrogen-bond donors (Lipinski definition) is 1. The highest BCUT2D eigenvalue weighted by Gasteiger charge is 2.28. The minimum atomic E-state index is -0.969. The van der Waals surface area contributed by atoms with Crippen molar-refractivity contribution in [1.29, 1.82) is 0 Å². The van der Waals surface area contributed by atoms with Crippen LogP contribution in [0.1, 0.15) is 27.4 Å². The molecule has 1 N–H and O–H groups in total. The van der Waals surface area contributed by atoms with Crippen molar-refractivity contribution in [1.82, 2.24) is 9.78 Å². The number of nitrogens with zero attached hydrogens (tertiary/aromatic N) is 2. The van der Waals surface area contributed by atoms with E-state index in [4.69, 9.17) is 4.42 Å². The van der Waals surface area contributed by atoms with E-state index >= 15 is 0 Å². The SMILES string of the molecule is Cc1ccc(-n2nc3c(c2NC(=O)c2ccco2)C[S@](=O)C3)cc1. The van der Waals surface area contributed by atoms with Crippen LogP contribution in [0.15, 0.2) is 47.1 Å². The molecule has 0 unspecified atom stereocenters. The highest BCUT2D eigenvalue weighted by Crippen LogP contribution is 2.31. The topological polar surface area (TPSA) is 77.1 Å². The number of hydrogen-bond acceptors (Lipinski definition) is 4. The van der Waals surface area contributed by atoms with Gasteiger partial charge in [0, 0.05) is 16.4 Å². The van der Waals surface area contributed by atoms with E-state index in [2.05, 4.69) is 10.4 Å². The van der Waals surface area contributed by atoms with Crippen LogP contribution in [0.25, 0.3) is 5.69 Å². The number of amides is 1. The fourth-order valence-electron chi connectivity index (χ4n) is 2.71. The normalized spacial score (nSPS) is 16.1. The summed E-state index contributed by atoms with van der Waals surface area (Å²) in [6.45, 7) is 2.01. The third-order valence-electron chi connectivity index (χ3n) is 3.93. The van der Waals surface area contributed by atoms with Gasteiger partial charge in [0.25, 0.3) is 5.91 Å². The summed E-state index contributed by atoms with van der Waals surface area (Å²) in [6.07, 6.45) is 1.45. The first-order chi connectivity index (χ1) is 11.6. The van der Waals surface area contributed by atoms with Crippen molar-refractivity contribution in [2.75, 3.05) is 5.32 Å². The highest BCUT2D eigenvalue weighted by molar-refractivity contribution is 7.83. The Hall–Kier alpha value is -2.67. The van der Waals surface area contributed by atoms with Gasteiger partial charge in [-0.3, -0.25) is 9.00 Å². The quantitative estimate of drug-likeness (QED) is 0.795. The molecule has 1 aromatic carbocycles. The number of furan rings is 1. The number of carbonyl (C=O) groups is 1. The number of anilines is 1. The lowest BCUT2D eigenvalue weighted by atomic mass is 10.2. The van der Waals surface area contributed by atoms with Crippen LogP contribution in [0.2, 0.25) is 0 Å². The van der Waals surface area contributed by atoms with Gasteiger partial charge >= 0.3 is 0 Å². The largest absolute Gasteiger partial charge is 0.459 e. The van der Waals surface area contributed by atoms with Crippen LogP contribution in [0.3, 0.4) is 0 Å². The molecule has 4 rings (SSSR count). The number of aryl methyl sites for hydroxylation is 1. The molecule has 0 bridgehead atoms. The maximum absolute atomic E-state index is 12.4. The van der Waals surface area contributed by atoms with Gasteiger partial charge in [-0.15, -0.1) is 0 Å². The van der Waals surface area contributed by atoms with Crippen molar-refractivity contribution < 1.29 is 13.4 Å². The van der Waals surface area contributed by atoms with Gasteiger partial charge in [0.1, 0.15) is 5.82 Å². The lowest BCUT2D eigenvalue weighted by molar-refractivity contribution is 0.0996. The number of rotatable bonds is 3. The molecule has 3 heterocycles. The molecule has 24 heavy (non-hydrogen) atoms. The van der Waals surface area contributed by atoms with Crippen molar-refractivity contribution in [2.45, 2.75) is 18.4 Å². The summed E-state index contributed by atoms with van der Waals surface area (Å²) < 4.78 is 18.7. The van der Waals surface area contributed by atoms with E-state index in [1.807, 2.05) is 31.2 Å². The predicted molar refractivity (Wildman–Crippen MR) is 90.5 cm³/mol. The molecule has 3 aromatic rings. The first-order valence-corrected chi connectivity index (χ1v) is 8.98. The van der Waals surface area contributed by atoms with E-state index in [0.29, 0.717) is 17.3 Å². The summed E-state index contributed by atoms with van der Waals surface area (Å²) in [6, 6.07) is 11.1. The minimum Gasteiger partial charge on any atom is -0.459 e. The first-order valence-electron chi connectivity index (χ1n) is 7.49. The van der Waals surface area contributed by atoms with Gasteiger partial charge in [-0.1, -0.05) is 17.7 Å². The van der Waals surface area contributed by atoms with Gasteiger partial charge in [-0.25, -0.2) is 4.68 Å². The lowest BCUT2D eigenvalue weighted by Gasteiger charge is -2.10. The van der Waals surface area contributed by atoms with Gasteiger partial charge in [0.15, 0.2) is 5.76 Å². The maximum atomic E-state index is 12.4. The predicted octanol–water partition coefficient (Wildman–Crippen LogP) is 2.79. The molecule has 1 aliphatic rings. The second-order valence-corrected chi connectivity index (χ2v) is 7.14. The zero-order valence-electron chi connectivity index (χ0n) is 13.0. The molecule has 0 saturated carbocycles. The third-order valence-corrected chi connectivity index (χ3v) is 5.13. The van der Waals surface area contributed by atoms with E-state index < -0.39 is 10.8 Å². The Morgan fingerprint density at radius 1 is 1.25 bits per heavy atom. The monoisotopic (exact) mass is 341 g/mol. The molecule has 122 valence electrons. The van der Waals surface area contributed by atoms with Crippen LogP contribution < -0.4 is 5.32 Å². The van der Waals surface area contributed by atoms with Gasteiger partial charge < -0.3 is 9.73 Å². The average Bonchev–Trinajstić information content (AvgIpc) is 3.26. The van der Waals surface area contributed by atoms with Gasteiger partial charge in [0.05, 0.1) is 29.2 Å². The summed E-state index contributed by atoms with van der Waals surface area (Å²) in [5.74, 6) is 1.24. The molecule has 0 aliphatic carbocycles. The van der Waals surface area contributed by atoms with E-state index in [1.54, 1.807) is 16.8 Å². The summed E-state index contributed by atoms with van der Waals surface area (Å²) in [5, 5.41) is 7.41. The second-order valence-electron chi connectivity index (χ2n) is 5.68. The number of aromatic nitrogens is 2. The van der Waals surface area contributed by atoms with Crippen LogP contribution in [-0.2, 0) is 22.3 Å². The fraction of sp³-hybridized carbons (Fsp3) is 0.176. The van der Waals surface area contributed by atoms with Crippen molar-refractivity contribution in [3.05, 3.63) is 65.2 Å². The van der Waals surface area contributed by atoms with E-state index in [1.165, 1.54) is 6.26 Å². The summed E-state index contributed by atoms with van der Waals surface area (Å²) in [7, 11) is -0.969. The van der Waals surface area contributed by atoms with Crippen molar-refractivity contribution >= 4 is 22.5 Å². The molecule has 0 saturated heterocycles. The second kappa shape index (κ2) is 5.76. The molecule has 1 atom stereocenters. The number of carbonyl (C=O) groups excluding carboxylic acids is 1. The van der Waals surface area contributed by atoms with Gasteiger partial charge in [-0.05, 0) is 31.2 Å². The first kappa shape index (κ1) is 14.9. The number of benzene rings is 1. The Kier molecular flexibility index (Phi) is 3.57. The Morgan fingerprint density at radius 3 is 2.75 bits per heavy atom. The Balaban J connectivity index is 1.77. The highest BCUT2D eigenvalue weighted by atomic mass is 32.2. The summed E-state index contributed by atoms with van der Waals surface area (Å²) in [4.78, 5) is 12.4. The Bertz CT molecular complexity index is 927. The Labute approximate surface area is 140 Å². The molecule has 0 radical (unpaired) electrons. The van der Waals surface area contributed by atoms with Crippen molar-refractivity contribution in [3.63, 3.8) is 0 Å². The molecule has 7 heteroatoms. The standard InChI is InChI=1S/C17H15N3O3S/c1-11-4-6-12(7-5-11)20-16(13-9-24(22)10-14(13)19-20)18-17(21)15-3-2-8-23-15/h2-8H,9-10H2,1H3,(H,18,21)/t24-/m0/s1. The number of nitrogens with one attached hydrogen (secondary N) is 1. The zero-order chi connectivity index (χ0) is 16.7. The molecule has 6 nitrogen and oxygen atoms in total. The smallest absolute Gasteiger partial charge is 0.292 e. The summed E-state index contributed by atoms with van der Waals surface area (Å²) >= 11 is 0. The molecular formula is C17H15N3O3S. The average molecular weight is 341 g/mol. The van der Waals surface area contributed by atoms with E-state index in [-0.39, 0.29) is 11.7 Å². The fourth-order valence-corrected chi connectivity index (χ4v) is 3.97. The van der Waals surface area contributed by atoms with Crippen LogP contribution in [0.5, 0.6) is 0 Å². The van der Waals surface area contributed by atoms with Crippen LogP contribution in [0, 0.1) is 6.92 Å². The molecule has 1 amide bonds. The molecule has 0 fully saturated rings. The lowest BCUT2D eigenvalue weighted by Crippen LogP contribution is -2.16.